The molecule has 0 spiro atoms. The van der Waals surface area contributed by atoms with Gasteiger partial charge < -0.3 is 15.4 Å². The van der Waals surface area contributed by atoms with Crippen LogP contribution in [0.2, 0.25) is 0 Å². The Bertz CT molecular complexity index is 876. The first kappa shape index (κ1) is 15.3. The molecule has 4 heteroatoms. The van der Waals surface area contributed by atoms with E-state index in [9.17, 15) is 4.79 Å². The normalized spacial score (nSPS) is 15.7. The molecule has 1 atom stereocenters. The molecule has 1 aliphatic rings. The lowest BCUT2D eigenvalue weighted by atomic mass is 10.1. The number of para-hydroxylation sites is 1. The van der Waals surface area contributed by atoms with Crippen molar-refractivity contribution in [1.29, 1.82) is 0 Å². The van der Waals surface area contributed by atoms with Crippen molar-refractivity contribution in [3.63, 3.8) is 0 Å². The second-order valence-electron chi connectivity index (χ2n) is 5.94. The summed E-state index contributed by atoms with van der Waals surface area (Å²) in [5.74, 6) is 0.735. The maximum absolute atomic E-state index is 12.2. The molecule has 3 aromatic rings. The third-order valence-electron chi connectivity index (χ3n) is 4.21. The number of nitrogens with one attached hydrogen (secondary N) is 2. The van der Waals surface area contributed by atoms with Crippen LogP contribution in [0.25, 0.3) is 0 Å². The zero-order chi connectivity index (χ0) is 17.1. The lowest BCUT2D eigenvalue weighted by Crippen LogP contribution is -2.38. The number of carbonyl (C=O) groups excluding carboxylic acids is 1. The van der Waals surface area contributed by atoms with Crippen LogP contribution < -0.4 is 15.4 Å². The van der Waals surface area contributed by atoms with Crippen LogP contribution in [0.15, 0.2) is 78.9 Å². The largest absolute Gasteiger partial charge is 0.489 e. The summed E-state index contributed by atoms with van der Waals surface area (Å²) < 4.78 is 5.80. The van der Waals surface area contributed by atoms with E-state index in [-0.39, 0.29) is 12.1 Å². The first-order valence-electron chi connectivity index (χ1n) is 8.23. The summed E-state index contributed by atoms with van der Waals surface area (Å²) in [5.41, 5.74) is 3.63. The summed E-state index contributed by atoms with van der Waals surface area (Å²) in [4.78, 5) is 12.2. The van der Waals surface area contributed by atoms with Gasteiger partial charge in [0.15, 0.2) is 0 Å². The molecule has 0 radical (unpaired) electrons. The SMILES string of the molecule is O=C1N[C@@H](c2ccc(OCc3ccccc3)cc2)Nc2ccccc21. The van der Waals surface area contributed by atoms with E-state index >= 15 is 0 Å². The fourth-order valence-corrected chi connectivity index (χ4v) is 2.87. The van der Waals surface area contributed by atoms with Gasteiger partial charge in [-0.15, -0.1) is 0 Å². The highest BCUT2D eigenvalue weighted by Gasteiger charge is 2.23. The van der Waals surface area contributed by atoms with Gasteiger partial charge in [-0.2, -0.15) is 0 Å². The number of hydrogen-bond donors (Lipinski definition) is 2. The Morgan fingerprint density at radius 1 is 0.800 bits per heavy atom. The number of fused-ring (bicyclic) bond motifs is 1. The van der Waals surface area contributed by atoms with Gasteiger partial charge in [-0.05, 0) is 35.4 Å². The van der Waals surface area contributed by atoms with Gasteiger partial charge in [-0.25, -0.2) is 0 Å². The zero-order valence-electron chi connectivity index (χ0n) is 13.6. The number of anilines is 1. The Morgan fingerprint density at radius 2 is 1.52 bits per heavy atom. The molecule has 0 saturated carbocycles. The van der Waals surface area contributed by atoms with Crippen molar-refractivity contribution in [2.45, 2.75) is 12.8 Å². The number of carbonyl (C=O) groups is 1. The molecule has 3 aromatic carbocycles. The molecule has 1 aliphatic heterocycles. The van der Waals surface area contributed by atoms with E-state index in [0.717, 1.165) is 22.6 Å². The van der Waals surface area contributed by atoms with Gasteiger partial charge in [0.05, 0.1) is 5.56 Å². The highest BCUT2D eigenvalue weighted by atomic mass is 16.5. The Hall–Kier alpha value is -3.27. The third-order valence-corrected chi connectivity index (χ3v) is 4.21. The molecular formula is C21H18N2O2. The van der Waals surface area contributed by atoms with Crippen LogP contribution in [0.3, 0.4) is 0 Å². The van der Waals surface area contributed by atoms with E-state index in [4.69, 9.17) is 4.74 Å². The Morgan fingerprint density at radius 3 is 2.32 bits per heavy atom. The van der Waals surface area contributed by atoms with Gasteiger partial charge >= 0.3 is 0 Å². The van der Waals surface area contributed by atoms with Crippen LogP contribution in [0.1, 0.15) is 27.7 Å². The maximum Gasteiger partial charge on any atom is 0.255 e. The maximum atomic E-state index is 12.2. The molecule has 124 valence electrons. The number of hydrogen-bond acceptors (Lipinski definition) is 3. The van der Waals surface area contributed by atoms with E-state index in [1.165, 1.54) is 0 Å². The Kier molecular flexibility index (Phi) is 4.09. The number of ether oxygens (including phenoxy) is 1. The van der Waals surface area contributed by atoms with Crippen molar-refractivity contribution in [3.8, 4) is 5.75 Å². The third kappa shape index (κ3) is 3.33. The smallest absolute Gasteiger partial charge is 0.255 e. The van der Waals surface area contributed by atoms with Crippen molar-refractivity contribution in [2.75, 3.05) is 5.32 Å². The molecule has 1 amide bonds. The average Bonchev–Trinajstić information content (AvgIpc) is 2.68. The minimum atomic E-state index is -0.245. The van der Waals surface area contributed by atoms with Crippen molar-refractivity contribution in [1.82, 2.24) is 5.32 Å². The van der Waals surface area contributed by atoms with Gasteiger partial charge in [0.1, 0.15) is 18.5 Å². The number of benzene rings is 3. The molecule has 2 N–H and O–H groups in total. The summed E-state index contributed by atoms with van der Waals surface area (Å²) in [5, 5.41) is 6.32. The Balaban J connectivity index is 1.45. The lowest BCUT2D eigenvalue weighted by Gasteiger charge is -2.28. The first-order chi connectivity index (χ1) is 12.3. The summed E-state index contributed by atoms with van der Waals surface area (Å²) in [6, 6.07) is 25.3. The summed E-state index contributed by atoms with van der Waals surface area (Å²) in [6.45, 7) is 0.534. The van der Waals surface area contributed by atoms with Gasteiger partial charge in [-0.3, -0.25) is 4.79 Å². The quantitative estimate of drug-likeness (QED) is 0.756. The summed E-state index contributed by atoms with van der Waals surface area (Å²) >= 11 is 0. The van der Waals surface area contributed by atoms with E-state index < -0.39 is 0 Å². The molecule has 0 aromatic heterocycles. The fourth-order valence-electron chi connectivity index (χ4n) is 2.87. The number of rotatable bonds is 4. The van der Waals surface area contributed by atoms with E-state index in [1.54, 1.807) is 0 Å². The van der Waals surface area contributed by atoms with Crippen LogP contribution in [0.4, 0.5) is 5.69 Å². The Labute approximate surface area is 146 Å². The zero-order valence-corrected chi connectivity index (χ0v) is 13.6. The van der Waals surface area contributed by atoms with Crippen molar-refractivity contribution in [3.05, 3.63) is 95.6 Å². The predicted octanol–water partition coefficient (Wildman–Crippen LogP) is 4.12. The molecule has 4 rings (SSSR count). The first-order valence-corrected chi connectivity index (χ1v) is 8.23. The molecule has 0 saturated heterocycles. The molecular weight excluding hydrogens is 312 g/mol. The molecule has 0 aliphatic carbocycles. The van der Waals surface area contributed by atoms with E-state index in [2.05, 4.69) is 10.6 Å². The van der Waals surface area contributed by atoms with Crippen molar-refractivity contribution >= 4 is 11.6 Å². The molecule has 0 unspecified atom stereocenters. The molecule has 1 heterocycles. The highest BCUT2D eigenvalue weighted by Crippen LogP contribution is 2.27. The second kappa shape index (κ2) is 6.69. The molecule has 0 bridgehead atoms. The monoisotopic (exact) mass is 330 g/mol. The minimum Gasteiger partial charge on any atom is -0.489 e. The molecule has 25 heavy (non-hydrogen) atoms. The van der Waals surface area contributed by atoms with E-state index in [1.807, 2.05) is 78.9 Å². The minimum absolute atomic E-state index is 0.0660. The van der Waals surface area contributed by atoms with Gasteiger partial charge in [-0.1, -0.05) is 54.6 Å². The van der Waals surface area contributed by atoms with Crippen LogP contribution in [-0.4, -0.2) is 5.91 Å². The van der Waals surface area contributed by atoms with Crippen LogP contribution >= 0.6 is 0 Å². The fraction of sp³-hybridized carbons (Fsp3) is 0.0952. The molecule has 4 nitrogen and oxygen atoms in total. The van der Waals surface area contributed by atoms with Crippen LogP contribution in [0, 0.1) is 0 Å². The van der Waals surface area contributed by atoms with Crippen LogP contribution in [0.5, 0.6) is 5.75 Å². The van der Waals surface area contributed by atoms with Gasteiger partial charge in [0.2, 0.25) is 0 Å². The van der Waals surface area contributed by atoms with E-state index in [0.29, 0.717) is 12.2 Å². The average molecular weight is 330 g/mol. The second-order valence-corrected chi connectivity index (χ2v) is 5.94. The lowest BCUT2D eigenvalue weighted by molar-refractivity contribution is 0.0935. The number of amides is 1. The topological polar surface area (TPSA) is 50.4 Å². The predicted molar refractivity (Wildman–Crippen MR) is 97.5 cm³/mol. The van der Waals surface area contributed by atoms with Gasteiger partial charge in [0, 0.05) is 5.69 Å². The summed E-state index contributed by atoms with van der Waals surface area (Å²) in [7, 11) is 0. The van der Waals surface area contributed by atoms with Gasteiger partial charge in [0.25, 0.3) is 5.91 Å². The van der Waals surface area contributed by atoms with Crippen molar-refractivity contribution < 1.29 is 9.53 Å². The molecule has 0 fully saturated rings. The standard InChI is InChI=1S/C21H18N2O2/c24-21-18-8-4-5-9-19(18)22-20(23-21)16-10-12-17(13-11-16)25-14-15-6-2-1-3-7-15/h1-13,20,22H,14H2,(H,23,24)/t20-/m0/s1. The van der Waals surface area contributed by atoms with Crippen molar-refractivity contribution in [2.24, 2.45) is 0 Å². The van der Waals surface area contributed by atoms with Crippen LogP contribution in [-0.2, 0) is 6.61 Å². The highest BCUT2D eigenvalue weighted by molar-refractivity contribution is 6.01. The summed E-state index contributed by atoms with van der Waals surface area (Å²) in [6.07, 6.45) is -0.245.